The maximum atomic E-state index is 5.30. The van der Waals surface area contributed by atoms with Gasteiger partial charge in [0.25, 0.3) is 0 Å². The molecule has 6 nitrogen and oxygen atoms in total. The Labute approximate surface area is 97.5 Å². The van der Waals surface area contributed by atoms with Gasteiger partial charge in [-0.25, -0.2) is 5.48 Å². The van der Waals surface area contributed by atoms with Crippen molar-refractivity contribution in [1.82, 2.24) is 5.48 Å². The Balaban J connectivity index is 1.98. The fraction of sp³-hybridized carbons (Fsp3) is 1.00. The van der Waals surface area contributed by atoms with Crippen molar-refractivity contribution in [3.05, 3.63) is 0 Å². The third-order valence-electron chi connectivity index (χ3n) is 2.47. The Morgan fingerprint density at radius 3 is 2.38 bits per heavy atom. The van der Waals surface area contributed by atoms with Crippen molar-refractivity contribution in [3.63, 3.8) is 0 Å². The van der Waals surface area contributed by atoms with E-state index in [1.165, 1.54) is 0 Å². The molecule has 0 saturated carbocycles. The van der Waals surface area contributed by atoms with Crippen LogP contribution >= 0.6 is 0 Å². The molecule has 96 valence electrons. The predicted molar refractivity (Wildman–Crippen MR) is 59.9 cm³/mol. The molecule has 7 heteroatoms. The molecule has 0 bridgehead atoms. The number of epoxide rings is 1. The largest absolute Gasteiger partial charge is 0.500 e. The molecule has 1 N–H and O–H groups in total. The molecule has 0 aliphatic carbocycles. The maximum absolute atomic E-state index is 5.30. The average Bonchev–Trinajstić information content (AvgIpc) is 3.13. The summed E-state index contributed by atoms with van der Waals surface area (Å²) in [5.74, 6) is 0. The van der Waals surface area contributed by atoms with E-state index >= 15 is 0 Å². The standard InChI is InChI=1S/C9H21NO5Si/c1-11-16(12-2,13-3)6-4-5-10-15-8-9-7-14-9/h9-10H,4-8H2,1-3H3. The van der Waals surface area contributed by atoms with Gasteiger partial charge in [-0.3, -0.25) is 4.84 Å². The number of hydrogen-bond donors (Lipinski definition) is 1. The van der Waals surface area contributed by atoms with Gasteiger partial charge in [0.05, 0.1) is 13.2 Å². The van der Waals surface area contributed by atoms with E-state index < -0.39 is 8.80 Å². The summed E-state index contributed by atoms with van der Waals surface area (Å²) in [7, 11) is 2.45. The summed E-state index contributed by atoms with van der Waals surface area (Å²) in [4.78, 5) is 5.19. The van der Waals surface area contributed by atoms with Gasteiger partial charge in [-0.05, 0) is 6.42 Å². The topological polar surface area (TPSA) is 61.5 Å². The number of rotatable bonds is 10. The van der Waals surface area contributed by atoms with Gasteiger partial charge in [-0.1, -0.05) is 0 Å². The number of hydroxylamine groups is 1. The van der Waals surface area contributed by atoms with E-state index in [2.05, 4.69) is 5.48 Å². The predicted octanol–water partition coefficient (Wildman–Crippen LogP) is 0.175. The summed E-state index contributed by atoms with van der Waals surface area (Å²) in [6, 6.07) is 0.771. The van der Waals surface area contributed by atoms with Crippen molar-refractivity contribution in [2.75, 3.05) is 41.1 Å². The highest BCUT2D eigenvalue weighted by Gasteiger charge is 2.36. The van der Waals surface area contributed by atoms with E-state index in [1.807, 2.05) is 0 Å². The molecule has 0 aromatic rings. The second-order valence-electron chi connectivity index (χ2n) is 3.56. The SMILES string of the molecule is CO[Si](CCCNOCC1CO1)(OC)OC. The summed E-state index contributed by atoms with van der Waals surface area (Å²) in [6.45, 7) is 2.17. The summed E-state index contributed by atoms with van der Waals surface area (Å²) < 4.78 is 20.9. The lowest BCUT2D eigenvalue weighted by Crippen LogP contribution is -2.43. The molecule has 16 heavy (non-hydrogen) atoms. The molecule has 0 spiro atoms. The van der Waals surface area contributed by atoms with E-state index in [9.17, 15) is 0 Å². The van der Waals surface area contributed by atoms with Crippen LogP contribution in [0.1, 0.15) is 6.42 Å². The minimum atomic E-state index is -2.41. The van der Waals surface area contributed by atoms with Crippen LogP contribution in [0.25, 0.3) is 0 Å². The molecule has 1 aliphatic heterocycles. The first-order chi connectivity index (χ1) is 7.76. The van der Waals surface area contributed by atoms with Gasteiger partial charge in [-0.15, -0.1) is 0 Å². The molecule has 0 aromatic heterocycles. The summed E-state index contributed by atoms with van der Waals surface area (Å²) in [5, 5.41) is 0. The summed E-state index contributed by atoms with van der Waals surface area (Å²) in [5.41, 5.74) is 2.88. The van der Waals surface area contributed by atoms with Crippen LogP contribution in [0.3, 0.4) is 0 Å². The normalized spacial score (nSPS) is 20.1. The molecule has 1 aliphatic rings. The lowest BCUT2D eigenvalue weighted by molar-refractivity contribution is 0.0300. The fourth-order valence-electron chi connectivity index (χ4n) is 1.32. The highest BCUT2D eigenvalue weighted by molar-refractivity contribution is 6.60. The Morgan fingerprint density at radius 2 is 1.88 bits per heavy atom. The van der Waals surface area contributed by atoms with E-state index in [0.29, 0.717) is 6.61 Å². The van der Waals surface area contributed by atoms with Crippen LogP contribution < -0.4 is 5.48 Å². The van der Waals surface area contributed by atoms with Crippen LogP contribution in [0.15, 0.2) is 0 Å². The first kappa shape index (κ1) is 14.0. The summed E-state index contributed by atoms with van der Waals surface area (Å²) >= 11 is 0. The molecule has 1 rings (SSSR count). The van der Waals surface area contributed by atoms with Crippen molar-refractivity contribution < 1.29 is 22.9 Å². The van der Waals surface area contributed by atoms with Crippen molar-refractivity contribution in [2.45, 2.75) is 18.6 Å². The van der Waals surface area contributed by atoms with Gasteiger partial charge in [-0.2, -0.15) is 0 Å². The highest BCUT2D eigenvalue weighted by atomic mass is 28.4. The fourth-order valence-corrected chi connectivity index (χ4v) is 3.04. The average molecular weight is 251 g/mol. The molecule has 1 heterocycles. The Hall–Kier alpha value is -0.0231. The Kier molecular flexibility index (Phi) is 6.43. The smallest absolute Gasteiger partial charge is 0.377 e. The van der Waals surface area contributed by atoms with Crippen LogP contribution in [0, 0.1) is 0 Å². The molecule has 1 fully saturated rings. The molecular formula is C9H21NO5Si. The van der Waals surface area contributed by atoms with Crippen molar-refractivity contribution in [3.8, 4) is 0 Å². The van der Waals surface area contributed by atoms with Crippen LogP contribution in [-0.2, 0) is 22.9 Å². The zero-order chi connectivity index (χ0) is 11.9. The monoisotopic (exact) mass is 251 g/mol. The van der Waals surface area contributed by atoms with Crippen molar-refractivity contribution in [1.29, 1.82) is 0 Å². The van der Waals surface area contributed by atoms with E-state index in [0.717, 1.165) is 25.6 Å². The zero-order valence-electron chi connectivity index (χ0n) is 10.2. The lowest BCUT2D eigenvalue weighted by Gasteiger charge is -2.24. The van der Waals surface area contributed by atoms with E-state index in [1.54, 1.807) is 21.3 Å². The Bertz CT molecular complexity index is 178. The van der Waals surface area contributed by atoms with Crippen LogP contribution in [-0.4, -0.2) is 56.0 Å². The highest BCUT2D eigenvalue weighted by Crippen LogP contribution is 2.14. The molecule has 0 amide bonds. The second kappa shape index (κ2) is 7.33. The van der Waals surface area contributed by atoms with E-state index in [-0.39, 0.29) is 6.10 Å². The third-order valence-corrected chi connectivity index (χ3v) is 5.30. The molecule has 0 aromatic carbocycles. The van der Waals surface area contributed by atoms with Gasteiger partial charge >= 0.3 is 8.80 Å². The van der Waals surface area contributed by atoms with Gasteiger partial charge < -0.3 is 18.0 Å². The second-order valence-corrected chi connectivity index (χ2v) is 6.65. The molecular weight excluding hydrogens is 230 g/mol. The first-order valence-electron chi connectivity index (χ1n) is 5.38. The third kappa shape index (κ3) is 4.87. The molecule has 1 saturated heterocycles. The van der Waals surface area contributed by atoms with Gasteiger partial charge in [0.15, 0.2) is 0 Å². The number of ether oxygens (including phenoxy) is 1. The van der Waals surface area contributed by atoms with Crippen LogP contribution in [0.2, 0.25) is 6.04 Å². The van der Waals surface area contributed by atoms with E-state index in [4.69, 9.17) is 22.9 Å². The molecule has 0 radical (unpaired) electrons. The maximum Gasteiger partial charge on any atom is 0.500 e. The van der Waals surface area contributed by atoms with Crippen molar-refractivity contribution in [2.24, 2.45) is 0 Å². The van der Waals surface area contributed by atoms with Crippen LogP contribution in [0.5, 0.6) is 0 Å². The zero-order valence-corrected chi connectivity index (χ0v) is 11.2. The van der Waals surface area contributed by atoms with Gasteiger partial charge in [0.2, 0.25) is 0 Å². The number of hydrogen-bond acceptors (Lipinski definition) is 6. The minimum Gasteiger partial charge on any atom is -0.377 e. The Morgan fingerprint density at radius 1 is 1.25 bits per heavy atom. The first-order valence-corrected chi connectivity index (χ1v) is 7.31. The molecule has 1 atom stereocenters. The summed E-state index contributed by atoms with van der Waals surface area (Å²) in [6.07, 6.45) is 1.17. The van der Waals surface area contributed by atoms with Gasteiger partial charge in [0.1, 0.15) is 6.10 Å². The van der Waals surface area contributed by atoms with Crippen molar-refractivity contribution >= 4 is 8.80 Å². The molecule has 1 unspecified atom stereocenters. The van der Waals surface area contributed by atoms with Gasteiger partial charge in [0, 0.05) is 33.9 Å². The lowest BCUT2D eigenvalue weighted by atomic mass is 10.5. The minimum absolute atomic E-state index is 0.290. The number of nitrogens with one attached hydrogen (secondary N) is 1. The quantitative estimate of drug-likeness (QED) is 0.258. The van der Waals surface area contributed by atoms with Crippen LogP contribution in [0.4, 0.5) is 0 Å².